The molecule has 1 fully saturated rings. The molecule has 1 aromatic heterocycles. The number of rotatable bonds is 7. The van der Waals surface area contributed by atoms with Crippen LogP contribution >= 0.6 is 35.3 Å². The van der Waals surface area contributed by atoms with Gasteiger partial charge in [0.05, 0.1) is 17.9 Å². The summed E-state index contributed by atoms with van der Waals surface area (Å²) in [5, 5.41) is 9.66. The van der Waals surface area contributed by atoms with Gasteiger partial charge in [-0.25, -0.2) is 4.98 Å². The Morgan fingerprint density at radius 1 is 1.40 bits per heavy atom. The van der Waals surface area contributed by atoms with Gasteiger partial charge in [-0.15, -0.1) is 35.3 Å². The third-order valence-electron chi connectivity index (χ3n) is 4.53. The molecule has 0 spiro atoms. The van der Waals surface area contributed by atoms with Gasteiger partial charge in [-0.1, -0.05) is 12.1 Å². The Morgan fingerprint density at radius 3 is 2.83 bits per heavy atom. The highest BCUT2D eigenvalue weighted by Gasteiger charge is 2.26. The monoisotopic (exact) mass is 552 g/mol. The Morgan fingerprint density at radius 2 is 2.17 bits per heavy atom. The molecule has 0 radical (unpaired) electrons. The van der Waals surface area contributed by atoms with E-state index in [1.807, 2.05) is 35.3 Å². The minimum Gasteiger partial charge on any atom is -0.433 e. The quantitative estimate of drug-likeness (QED) is 0.312. The molecule has 1 aliphatic rings. The number of para-hydroxylation sites is 2. The van der Waals surface area contributed by atoms with Gasteiger partial charge < -0.3 is 25.2 Å². The van der Waals surface area contributed by atoms with Gasteiger partial charge in [-0.2, -0.15) is 8.78 Å². The summed E-state index contributed by atoms with van der Waals surface area (Å²) in [7, 11) is 5.65. The summed E-state index contributed by atoms with van der Waals surface area (Å²) in [5.41, 5.74) is 1.63. The van der Waals surface area contributed by atoms with Gasteiger partial charge in [0.15, 0.2) is 11.1 Å². The summed E-state index contributed by atoms with van der Waals surface area (Å²) in [4.78, 5) is 12.9. The molecule has 0 amide bonds. The first-order valence-electron chi connectivity index (χ1n) is 9.34. The minimum atomic E-state index is -2.84. The molecule has 166 valence electrons. The van der Waals surface area contributed by atoms with Crippen molar-refractivity contribution in [2.24, 2.45) is 4.99 Å². The zero-order valence-electron chi connectivity index (χ0n) is 17.1. The number of hydrogen-bond donors (Lipinski definition) is 2. The van der Waals surface area contributed by atoms with E-state index in [1.54, 1.807) is 36.6 Å². The normalized spacial score (nSPS) is 16.4. The summed E-state index contributed by atoms with van der Waals surface area (Å²) in [6, 6.07) is 7.04. The molecule has 1 aliphatic heterocycles. The van der Waals surface area contributed by atoms with E-state index >= 15 is 0 Å². The van der Waals surface area contributed by atoms with Crippen LogP contribution < -0.4 is 25.2 Å². The molecule has 3 rings (SSSR count). The number of guanidine groups is 1. The van der Waals surface area contributed by atoms with Crippen molar-refractivity contribution in [1.82, 2.24) is 15.6 Å². The Kier molecular flexibility index (Phi) is 9.34. The fourth-order valence-corrected chi connectivity index (χ4v) is 3.91. The fraction of sp³-hybridized carbons (Fsp3) is 0.474. The van der Waals surface area contributed by atoms with E-state index in [0.717, 1.165) is 23.8 Å². The molecule has 0 aliphatic carbocycles. The molecule has 0 bridgehead atoms. The number of thiazole rings is 1. The van der Waals surface area contributed by atoms with Gasteiger partial charge in [-0.05, 0) is 18.6 Å². The topological polar surface area (TPSA) is 65.0 Å². The van der Waals surface area contributed by atoms with Crippen molar-refractivity contribution < 1.29 is 13.5 Å². The lowest BCUT2D eigenvalue weighted by Gasteiger charge is -2.22. The van der Waals surface area contributed by atoms with Crippen LogP contribution in [0.1, 0.15) is 12.1 Å². The van der Waals surface area contributed by atoms with E-state index in [9.17, 15) is 8.78 Å². The molecule has 11 heteroatoms. The maximum atomic E-state index is 12.7. The predicted octanol–water partition coefficient (Wildman–Crippen LogP) is 3.37. The van der Waals surface area contributed by atoms with Crippen LogP contribution in [0, 0.1) is 0 Å². The standard InChI is InChI=1S/C19H26F2N6OS.HI/c1-22-18(23-10-14-12-29-19(25-14)26(2)3)24-13-8-9-27(11-13)15-6-4-5-7-16(15)28-17(20)21;/h4-7,12-13,17H,8-11H2,1-3H3,(H2,22,23,24);1H. The molecule has 2 heterocycles. The molecule has 1 aromatic carbocycles. The number of halogens is 3. The highest BCUT2D eigenvalue weighted by atomic mass is 127. The van der Waals surface area contributed by atoms with Crippen molar-refractivity contribution in [3.05, 3.63) is 35.3 Å². The molecular weight excluding hydrogens is 525 g/mol. The van der Waals surface area contributed by atoms with Gasteiger partial charge in [-0.3, -0.25) is 4.99 Å². The molecule has 30 heavy (non-hydrogen) atoms. The Labute approximate surface area is 196 Å². The number of nitrogens with one attached hydrogen (secondary N) is 2. The largest absolute Gasteiger partial charge is 0.433 e. The van der Waals surface area contributed by atoms with Crippen molar-refractivity contribution in [1.29, 1.82) is 0 Å². The highest BCUT2D eigenvalue weighted by Crippen LogP contribution is 2.31. The second-order valence-corrected chi connectivity index (χ2v) is 7.70. The van der Waals surface area contributed by atoms with Crippen molar-refractivity contribution in [3.63, 3.8) is 0 Å². The van der Waals surface area contributed by atoms with Gasteiger partial charge in [0, 0.05) is 45.7 Å². The van der Waals surface area contributed by atoms with E-state index in [4.69, 9.17) is 0 Å². The number of nitrogens with zero attached hydrogens (tertiary/aromatic N) is 4. The lowest BCUT2D eigenvalue weighted by Crippen LogP contribution is -2.44. The molecule has 2 N–H and O–H groups in total. The second-order valence-electron chi connectivity index (χ2n) is 6.86. The highest BCUT2D eigenvalue weighted by molar-refractivity contribution is 14.0. The van der Waals surface area contributed by atoms with Crippen LogP contribution in [0.5, 0.6) is 5.75 Å². The summed E-state index contributed by atoms with van der Waals surface area (Å²) < 4.78 is 30.0. The van der Waals surface area contributed by atoms with Gasteiger partial charge >= 0.3 is 6.61 Å². The molecule has 1 atom stereocenters. The number of benzene rings is 1. The number of aliphatic imine (C=N–C) groups is 1. The van der Waals surface area contributed by atoms with Crippen LogP contribution in [0.2, 0.25) is 0 Å². The summed E-state index contributed by atoms with van der Waals surface area (Å²) in [5.74, 6) is 0.888. The zero-order valence-corrected chi connectivity index (χ0v) is 20.3. The lowest BCUT2D eigenvalue weighted by molar-refractivity contribution is -0.0495. The van der Waals surface area contributed by atoms with Crippen molar-refractivity contribution in [3.8, 4) is 5.75 Å². The minimum absolute atomic E-state index is 0. The van der Waals surface area contributed by atoms with Crippen LogP contribution in [0.15, 0.2) is 34.6 Å². The maximum Gasteiger partial charge on any atom is 0.387 e. The molecule has 2 aromatic rings. The number of hydrogen-bond acceptors (Lipinski definition) is 6. The first kappa shape index (κ1) is 24.4. The molecular formula is C19H27F2IN6OS. The van der Waals surface area contributed by atoms with E-state index in [1.165, 1.54) is 0 Å². The van der Waals surface area contributed by atoms with Crippen LogP contribution in [0.4, 0.5) is 19.6 Å². The molecule has 7 nitrogen and oxygen atoms in total. The second kappa shape index (κ2) is 11.5. The SMILES string of the molecule is CN=C(NCc1csc(N(C)C)n1)NC1CCN(c2ccccc2OC(F)F)C1.I. The van der Waals surface area contributed by atoms with E-state index < -0.39 is 6.61 Å². The Hall–Kier alpha value is -1.89. The smallest absolute Gasteiger partial charge is 0.387 e. The maximum absolute atomic E-state index is 12.7. The van der Waals surface area contributed by atoms with E-state index in [2.05, 4.69) is 25.3 Å². The lowest BCUT2D eigenvalue weighted by atomic mass is 10.2. The van der Waals surface area contributed by atoms with Crippen LogP contribution in [-0.4, -0.2) is 57.8 Å². The first-order valence-corrected chi connectivity index (χ1v) is 10.2. The summed E-state index contributed by atoms with van der Waals surface area (Å²) in [6.07, 6.45) is 0.866. The fourth-order valence-electron chi connectivity index (χ4n) is 3.16. The number of aromatic nitrogens is 1. The first-order chi connectivity index (χ1) is 14.0. The number of alkyl halides is 2. The third kappa shape index (κ3) is 6.56. The van der Waals surface area contributed by atoms with Crippen LogP contribution in [-0.2, 0) is 6.54 Å². The third-order valence-corrected chi connectivity index (χ3v) is 5.59. The molecule has 0 saturated carbocycles. The van der Waals surface area contributed by atoms with E-state index in [0.29, 0.717) is 24.7 Å². The average Bonchev–Trinajstić information content (AvgIpc) is 3.35. The molecule has 1 unspecified atom stereocenters. The summed E-state index contributed by atoms with van der Waals surface area (Å²) >= 11 is 1.60. The number of anilines is 2. The van der Waals surface area contributed by atoms with E-state index in [-0.39, 0.29) is 35.8 Å². The van der Waals surface area contributed by atoms with Crippen molar-refractivity contribution in [2.45, 2.75) is 25.6 Å². The predicted molar refractivity (Wildman–Crippen MR) is 129 cm³/mol. The average molecular weight is 552 g/mol. The van der Waals surface area contributed by atoms with Crippen LogP contribution in [0.25, 0.3) is 0 Å². The van der Waals surface area contributed by atoms with Crippen molar-refractivity contribution in [2.75, 3.05) is 44.0 Å². The Bertz CT molecular complexity index is 835. The Balaban J connectivity index is 0.00000320. The molecule has 1 saturated heterocycles. The van der Waals surface area contributed by atoms with Gasteiger partial charge in [0.1, 0.15) is 5.75 Å². The van der Waals surface area contributed by atoms with Crippen molar-refractivity contribution >= 4 is 52.1 Å². The number of ether oxygens (including phenoxy) is 1. The van der Waals surface area contributed by atoms with Gasteiger partial charge in [0.2, 0.25) is 0 Å². The van der Waals surface area contributed by atoms with Crippen LogP contribution in [0.3, 0.4) is 0 Å². The zero-order chi connectivity index (χ0) is 20.8. The summed E-state index contributed by atoms with van der Waals surface area (Å²) in [6.45, 7) is -0.845. The van der Waals surface area contributed by atoms with Gasteiger partial charge in [0.25, 0.3) is 0 Å².